The number of benzene rings is 1. The lowest BCUT2D eigenvalue weighted by Gasteiger charge is -2.24. The number of carbonyl (C=O) groups is 2. The van der Waals surface area contributed by atoms with Gasteiger partial charge in [0.1, 0.15) is 23.6 Å². The Morgan fingerprint density at radius 1 is 1.24 bits per heavy atom. The highest BCUT2D eigenvalue weighted by Crippen LogP contribution is 2.31. The van der Waals surface area contributed by atoms with Crippen molar-refractivity contribution in [3.63, 3.8) is 0 Å². The first kappa shape index (κ1) is 25.5. The number of nitrogens with zero attached hydrogens (tertiary/aromatic N) is 4. The molecule has 0 atom stereocenters. The van der Waals surface area contributed by atoms with Crippen LogP contribution in [0.15, 0.2) is 18.2 Å². The quantitative estimate of drug-likeness (QED) is 0.367. The molecule has 0 bridgehead atoms. The van der Waals surface area contributed by atoms with Gasteiger partial charge in [0, 0.05) is 24.8 Å². The lowest BCUT2D eigenvalue weighted by molar-refractivity contribution is -0.117. The molecule has 0 saturated heterocycles. The topological polar surface area (TPSA) is 116 Å². The predicted octanol–water partition coefficient (Wildman–Crippen LogP) is 3.01. The summed E-state index contributed by atoms with van der Waals surface area (Å²) in [5, 5.41) is 10.7. The summed E-state index contributed by atoms with van der Waals surface area (Å²) in [6.07, 6.45) is 4.88. The van der Waals surface area contributed by atoms with E-state index < -0.39 is 17.6 Å². The Morgan fingerprint density at radius 2 is 1.97 bits per heavy atom. The van der Waals surface area contributed by atoms with E-state index in [1.165, 1.54) is 7.05 Å². The largest absolute Gasteiger partial charge is 0.467 e. The van der Waals surface area contributed by atoms with Gasteiger partial charge >= 0.3 is 6.09 Å². The van der Waals surface area contributed by atoms with Crippen LogP contribution in [0, 0.1) is 19.3 Å². The molecule has 0 fully saturated rings. The second-order valence-corrected chi connectivity index (χ2v) is 8.06. The maximum Gasteiger partial charge on any atom is 0.410 e. The minimum atomic E-state index is -0.661. The van der Waals surface area contributed by atoms with Gasteiger partial charge in [-0.05, 0) is 52.8 Å². The van der Waals surface area contributed by atoms with Crippen molar-refractivity contribution in [3.05, 3.63) is 29.5 Å². The minimum Gasteiger partial charge on any atom is -0.467 e. The first-order valence-corrected chi connectivity index (χ1v) is 10.3. The van der Waals surface area contributed by atoms with Crippen molar-refractivity contribution in [1.82, 2.24) is 20.1 Å². The van der Waals surface area contributed by atoms with Gasteiger partial charge in [-0.3, -0.25) is 10.1 Å². The number of aryl methyl sites for hydroxylation is 1. The van der Waals surface area contributed by atoms with Crippen molar-refractivity contribution in [1.29, 1.82) is 0 Å². The van der Waals surface area contributed by atoms with Crippen molar-refractivity contribution in [3.8, 4) is 29.4 Å². The molecule has 1 heterocycles. The Kier molecular flexibility index (Phi) is 8.70. The predicted molar refractivity (Wildman–Crippen MR) is 123 cm³/mol. The van der Waals surface area contributed by atoms with E-state index in [9.17, 15) is 9.59 Å². The molecule has 0 aliphatic rings. The van der Waals surface area contributed by atoms with E-state index >= 15 is 0 Å². The van der Waals surface area contributed by atoms with Crippen LogP contribution in [0.3, 0.4) is 0 Å². The number of carbonyl (C=O) groups excluding carboxylic acids is 2. The molecule has 2 aromatic rings. The number of aromatic nitrogens is 3. The van der Waals surface area contributed by atoms with E-state index in [4.69, 9.17) is 20.6 Å². The third kappa shape index (κ3) is 7.73. The van der Waals surface area contributed by atoms with E-state index in [0.717, 1.165) is 4.90 Å². The zero-order chi connectivity index (χ0) is 24.6. The van der Waals surface area contributed by atoms with Crippen LogP contribution in [0.5, 0.6) is 5.75 Å². The Hall–Kier alpha value is -3.71. The van der Waals surface area contributed by atoms with Crippen molar-refractivity contribution in [2.24, 2.45) is 0 Å². The summed E-state index contributed by atoms with van der Waals surface area (Å²) in [5.41, 5.74) is 1.59. The zero-order valence-electron chi connectivity index (χ0n) is 19.8. The van der Waals surface area contributed by atoms with Crippen LogP contribution in [-0.2, 0) is 14.3 Å². The molecule has 10 nitrogen and oxygen atoms in total. The molecule has 0 aliphatic carbocycles. The van der Waals surface area contributed by atoms with Crippen molar-refractivity contribution in [2.75, 3.05) is 32.3 Å². The fourth-order valence-electron chi connectivity index (χ4n) is 2.61. The fraction of sp³-hybridized carbons (Fsp3) is 0.435. The van der Waals surface area contributed by atoms with Gasteiger partial charge in [-0.25, -0.2) is 9.78 Å². The molecule has 176 valence electrons. The fourth-order valence-corrected chi connectivity index (χ4v) is 2.61. The van der Waals surface area contributed by atoms with Gasteiger partial charge in [-0.2, -0.15) is 0 Å². The van der Waals surface area contributed by atoms with Crippen molar-refractivity contribution < 1.29 is 23.8 Å². The number of hydrogen-bond acceptors (Lipinski definition) is 8. The van der Waals surface area contributed by atoms with E-state index in [-0.39, 0.29) is 19.3 Å². The zero-order valence-corrected chi connectivity index (χ0v) is 19.8. The Labute approximate surface area is 193 Å². The number of amides is 2. The van der Waals surface area contributed by atoms with Gasteiger partial charge in [0.2, 0.25) is 11.9 Å². The lowest BCUT2D eigenvalue weighted by atomic mass is 10.1. The van der Waals surface area contributed by atoms with Crippen LogP contribution in [0.1, 0.15) is 39.0 Å². The van der Waals surface area contributed by atoms with Gasteiger partial charge in [-0.15, -0.1) is 16.6 Å². The van der Waals surface area contributed by atoms with Crippen molar-refractivity contribution >= 4 is 17.9 Å². The number of anilines is 1. The number of rotatable bonds is 8. The summed E-state index contributed by atoms with van der Waals surface area (Å²) < 4.78 is 16.2. The summed E-state index contributed by atoms with van der Waals surface area (Å²) in [5.74, 6) is 2.56. The van der Waals surface area contributed by atoms with E-state index in [0.29, 0.717) is 34.9 Å². The van der Waals surface area contributed by atoms with Crippen LogP contribution in [-0.4, -0.2) is 64.7 Å². The summed E-state index contributed by atoms with van der Waals surface area (Å²) in [6, 6.07) is 5.23. The summed E-state index contributed by atoms with van der Waals surface area (Å²) in [7, 11) is 1.46. The molecule has 2 rings (SSSR count). The summed E-state index contributed by atoms with van der Waals surface area (Å²) in [6.45, 7) is 9.15. The molecule has 0 saturated carbocycles. The first-order chi connectivity index (χ1) is 15.5. The molecular weight excluding hydrogens is 426 g/mol. The Bertz CT molecular complexity index is 1040. The van der Waals surface area contributed by atoms with Crippen LogP contribution in [0.25, 0.3) is 11.3 Å². The summed E-state index contributed by atoms with van der Waals surface area (Å²) in [4.78, 5) is 29.8. The maximum atomic E-state index is 12.3. The molecule has 1 aromatic heterocycles. The highest BCUT2D eigenvalue weighted by Gasteiger charge is 2.22. The number of hydrogen-bond donors (Lipinski definition) is 1. The Morgan fingerprint density at radius 3 is 2.58 bits per heavy atom. The molecule has 1 aromatic carbocycles. The molecule has 0 aliphatic heterocycles. The maximum absolute atomic E-state index is 12.3. The van der Waals surface area contributed by atoms with Crippen LogP contribution in [0.4, 0.5) is 10.7 Å². The monoisotopic (exact) mass is 455 g/mol. The van der Waals surface area contributed by atoms with E-state index in [2.05, 4.69) is 26.4 Å². The highest BCUT2D eigenvalue weighted by molar-refractivity contribution is 5.92. The van der Waals surface area contributed by atoms with E-state index in [1.54, 1.807) is 45.9 Å². The molecule has 0 radical (unpaired) electrons. The standard InChI is InChI=1S/C23H29N5O5/c1-8-16-10-11-17(18(12-16)32-14-31-9-2)20-15(3)24-21(27-26-20)25-19(29)13-28(7)22(30)33-23(4,5)6/h1,10-12H,9,13-14H2,2-7H3,(H,24,25,27,29). The van der Waals surface area contributed by atoms with Crippen LogP contribution >= 0.6 is 0 Å². The first-order valence-electron chi connectivity index (χ1n) is 10.3. The van der Waals surface area contributed by atoms with Gasteiger partial charge in [0.15, 0.2) is 6.79 Å². The normalized spacial score (nSPS) is 10.8. The third-order valence-electron chi connectivity index (χ3n) is 4.10. The lowest BCUT2D eigenvalue weighted by Crippen LogP contribution is -2.39. The number of ether oxygens (including phenoxy) is 3. The average Bonchev–Trinajstić information content (AvgIpc) is 2.73. The second-order valence-electron chi connectivity index (χ2n) is 8.06. The minimum absolute atomic E-state index is 0.0101. The summed E-state index contributed by atoms with van der Waals surface area (Å²) >= 11 is 0. The molecule has 10 heteroatoms. The molecule has 1 N–H and O–H groups in total. The Balaban J connectivity index is 2.15. The molecule has 0 spiro atoms. The van der Waals surface area contributed by atoms with Gasteiger partial charge in [-0.1, -0.05) is 5.92 Å². The highest BCUT2D eigenvalue weighted by atomic mass is 16.7. The van der Waals surface area contributed by atoms with Crippen molar-refractivity contribution in [2.45, 2.75) is 40.2 Å². The van der Waals surface area contributed by atoms with E-state index in [1.807, 2.05) is 6.92 Å². The molecule has 33 heavy (non-hydrogen) atoms. The van der Waals surface area contributed by atoms with Gasteiger partial charge in [0.25, 0.3) is 0 Å². The smallest absolute Gasteiger partial charge is 0.410 e. The SMILES string of the molecule is C#Cc1ccc(-c2nnc(NC(=O)CN(C)C(=O)OC(C)(C)C)nc2C)c(OCOCC)c1. The molecular formula is C23H29N5O5. The number of likely N-dealkylation sites (N-methyl/N-ethyl adjacent to an activating group) is 1. The van der Waals surface area contributed by atoms with Crippen LogP contribution in [0.2, 0.25) is 0 Å². The van der Waals surface area contributed by atoms with Gasteiger partial charge in [0.05, 0.1) is 5.69 Å². The van der Waals surface area contributed by atoms with Crippen LogP contribution < -0.4 is 10.1 Å². The number of nitrogens with one attached hydrogen (secondary N) is 1. The van der Waals surface area contributed by atoms with Gasteiger partial charge < -0.3 is 19.1 Å². The average molecular weight is 456 g/mol. The second kappa shape index (κ2) is 11.2. The molecule has 0 unspecified atom stereocenters. The molecule has 2 amide bonds. The number of terminal acetylenes is 1. The third-order valence-corrected chi connectivity index (χ3v) is 4.10.